The molecule has 4 rings (SSSR count). The van der Waals surface area contributed by atoms with Crippen LogP contribution in [-0.2, 0) is 11.3 Å². The quantitative estimate of drug-likeness (QED) is 0.626. The molecule has 2 aromatic carbocycles. The number of rotatable bonds is 9. The van der Waals surface area contributed by atoms with E-state index in [0.717, 1.165) is 37.4 Å². The van der Waals surface area contributed by atoms with Crippen LogP contribution >= 0.6 is 0 Å². The van der Waals surface area contributed by atoms with Crippen molar-refractivity contribution in [2.24, 2.45) is 5.41 Å². The van der Waals surface area contributed by atoms with E-state index in [1.54, 1.807) is 32.4 Å². The van der Waals surface area contributed by atoms with Crippen molar-refractivity contribution in [3.8, 4) is 17.2 Å². The van der Waals surface area contributed by atoms with Gasteiger partial charge < -0.3 is 23.8 Å². The van der Waals surface area contributed by atoms with Crippen LogP contribution < -0.4 is 14.2 Å². The number of benzene rings is 2. The summed E-state index contributed by atoms with van der Waals surface area (Å²) in [6.45, 7) is 4.86. The molecule has 0 bridgehead atoms. The van der Waals surface area contributed by atoms with Crippen molar-refractivity contribution >= 4 is 5.91 Å². The Hall–Kier alpha value is -2.73. The van der Waals surface area contributed by atoms with Gasteiger partial charge in [0.2, 0.25) is 0 Å². The molecule has 6 nitrogen and oxygen atoms in total. The Balaban J connectivity index is 1.45. The number of amides is 1. The zero-order chi connectivity index (χ0) is 21.1. The van der Waals surface area contributed by atoms with Crippen molar-refractivity contribution in [1.82, 2.24) is 4.90 Å². The SMILES string of the molecule is COc1ccc(OC)c(C(=O)N(Cc2ccc(OCC3(C)COC3)cc2)C2CC2)c1. The van der Waals surface area contributed by atoms with Gasteiger partial charge in [-0.15, -0.1) is 0 Å². The molecule has 1 heterocycles. The Morgan fingerprint density at radius 2 is 1.77 bits per heavy atom. The van der Waals surface area contributed by atoms with E-state index < -0.39 is 0 Å². The highest BCUT2D eigenvalue weighted by molar-refractivity contribution is 5.97. The standard InChI is InChI=1S/C24H29NO5/c1-24(14-29-15-24)16-30-19-8-4-17(5-9-19)13-25(18-6-7-18)23(26)21-12-20(27-2)10-11-22(21)28-3/h4-5,8-12,18H,6-7,13-16H2,1-3H3. The van der Waals surface area contributed by atoms with Crippen molar-refractivity contribution in [1.29, 1.82) is 0 Å². The monoisotopic (exact) mass is 411 g/mol. The number of ether oxygens (including phenoxy) is 4. The average molecular weight is 411 g/mol. The Labute approximate surface area is 177 Å². The molecular formula is C24H29NO5. The van der Waals surface area contributed by atoms with Gasteiger partial charge in [-0.25, -0.2) is 0 Å². The summed E-state index contributed by atoms with van der Waals surface area (Å²) in [5.41, 5.74) is 1.71. The lowest BCUT2D eigenvalue weighted by molar-refractivity contribution is -0.120. The van der Waals surface area contributed by atoms with Gasteiger partial charge in [-0.1, -0.05) is 19.1 Å². The molecule has 160 valence electrons. The molecule has 0 radical (unpaired) electrons. The van der Waals surface area contributed by atoms with Crippen molar-refractivity contribution in [3.63, 3.8) is 0 Å². The summed E-state index contributed by atoms with van der Waals surface area (Å²) in [5, 5.41) is 0. The molecule has 0 spiro atoms. The fourth-order valence-electron chi connectivity index (χ4n) is 3.57. The third kappa shape index (κ3) is 4.54. The lowest BCUT2D eigenvalue weighted by Gasteiger charge is -2.37. The fraction of sp³-hybridized carbons (Fsp3) is 0.458. The Morgan fingerprint density at radius 3 is 2.33 bits per heavy atom. The van der Waals surface area contributed by atoms with Gasteiger partial charge in [-0.3, -0.25) is 4.79 Å². The van der Waals surface area contributed by atoms with Gasteiger partial charge in [0.25, 0.3) is 5.91 Å². The van der Waals surface area contributed by atoms with Gasteiger partial charge in [0.05, 0.1) is 39.6 Å². The van der Waals surface area contributed by atoms with Crippen LogP contribution in [0.1, 0.15) is 35.7 Å². The molecule has 0 N–H and O–H groups in total. The molecule has 0 atom stereocenters. The minimum Gasteiger partial charge on any atom is -0.497 e. The lowest BCUT2D eigenvalue weighted by atomic mass is 9.90. The normalized spacial score (nSPS) is 17.0. The van der Waals surface area contributed by atoms with E-state index >= 15 is 0 Å². The second kappa shape index (κ2) is 8.56. The van der Waals surface area contributed by atoms with Crippen molar-refractivity contribution < 1.29 is 23.7 Å². The van der Waals surface area contributed by atoms with Gasteiger partial charge in [-0.05, 0) is 48.7 Å². The van der Waals surface area contributed by atoms with Crippen LogP contribution in [0.5, 0.6) is 17.2 Å². The second-order valence-electron chi connectivity index (χ2n) is 8.47. The molecule has 2 aromatic rings. The highest BCUT2D eigenvalue weighted by Crippen LogP contribution is 2.33. The summed E-state index contributed by atoms with van der Waals surface area (Å²) in [5.74, 6) is 2.00. The van der Waals surface area contributed by atoms with Crippen LogP contribution in [0.3, 0.4) is 0 Å². The average Bonchev–Trinajstić information content (AvgIpc) is 3.59. The van der Waals surface area contributed by atoms with E-state index in [2.05, 4.69) is 6.92 Å². The molecule has 1 aliphatic carbocycles. The number of carbonyl (C=O) groups is 1. The third-order valence-electron chi connectivity index (χ3n) is 5.65. The van der Waals surface area contributed by atoms with Gasteiger partial charge >= 0.3 is 0 Å². The molecule has 1 saturated heterocycles. The van der Waals surface area contributed by atoms with E-state index in [1.165, 1.54) is 0 Å². The molecule has 6 heteroatoms. The van der Waals surface area contributed by atoms with Crippen LogP contribution in [-0.4, -0.2) is 50.9 Å². The Morgan fingerprint density at radius 1 is 1.07 bits per heavy atom. The van der Waals surface area contributed by atoms with Gasteiger partial charge in [0.1, 0.15) is 17.2 Å². The first-order valence-corrected chi connectivity index (χ1v) is 10.3. The van der Waals surface area contributed by atoms with Gasteiger partial charge in [0, 0.05) is 18.0 Å². The van der Waals surface area contributed by atoms with E-state index in [9.17, 15) is 4.79 Å². The molecule has 2 aliphatic rings. The van der Waals surface area contributed by atoms with Crippen molar-refractivity contribution in [3.05, 3.63) is 53.6 Å². The smallest absolute Gasteiger partial charge is 0.258 e. The summed E-state index contributed by atoms with van der Waals surface area (Å²) >= 11 is 0. The highest BCUT2D eigenvalue weighted by Gasteiger charge is 2.35. The number of methoxy groups -OCH3 is 2. The maximum absolute atomic E-state index is 13.4. The summed E-state index contributed by atoms with van der Waals surface area (Å²) in [7, 11) is 3.17. The van der Waals surface area contributed by atoms with Gasteiger partial charge in [0.15, 0.2) is 0 Å². The fourth-order valence-corrected chi connectivity index (χ4v) is 3.57. The minimum absolute atomic E-state index is 0.0357. The zero-order valence-electron chi connectivity index (χ0n) is 17.8. The summed E-state index contributed by atoms with van der Waals surface area (Å²) in [6.07, 6.45) is 2.06. The number of nitrogens with zero attached hydrogens (tertiary/aromatic N) is 1. The maximum atomic E-state index is 13.4. The molecule has 1 saturated carbocycles. The molecule has 1 aliphatic heterocycles. The molecular weight excluding hydrogens is 382 g/mol. The molecule has 0 aromatic heterocycles. The predicted molar refractivity (Wildman–Crippen MR) is 113 cm³/mol. The molecule has 1 amide bonds. The first kappa shape index (κ1) is 20.5. The van der Waals surface area contributed by atoms with E-state index in [-0.39, 0.29) is 17.4 Å². The Kier molecular flexibility index (Phi) is 5.86. The first-order valence-electron chi connectivity index (χ1n) is 10.3. The molecule has 0 unspecified atom stereocenters. The van der Waals surface area contributed by atoms with E-state index in [4.69, 9.17) is 18.9 Å². The topological polar surface area (TPSA) is 57.2 Å². The van der Waals surface area contributed by atoms with Crippen LogP contribution in [0.25, 0.3) is 0 Å². The largest absolute Gasteiger partial charge is 0.497 e. The van der Waals surface area contributed by atoms with Gasteiger partial charge in [-0.2, -0.15) is 0 Å². The number of hydrogen-bond acceptors (Lipinski definition) is 5. The minimum atomic E-state index is -0.0357. The zero-order valence-corrected chi connectivity index (χ0v) is 17.8. The Bertz CT molecular complexity index is 887. The predicted octanol–water partition coefficient (Wildman–Crippen LogP) is 3.92. The van der Waals surface area contributed by atoms with E-state index in [1.807, 2.05) is 29.2 Å². The first-order chi connectivity index (χ1) is 14.5. The molecule has 2 fully saturated rings. The highest BCUT2D eigenvalue weighted by atomic mass is 16.5. The lowest BCUT2D eigenvalue weighted by Crippen LogP contribution is -2.44. The van der Waals surface area contributed by atoms with Crippen molar-refractivity contribution in [2.75, 3.05) is 34.0 Å². The summed E-state index contributed by atoms with van der Waals surface area (Å²) in [6, 6.07) is 13.6. The van der Waals surface area contributed by atoms with Crippen LogP contribution in [0.15, 0.2) is 42.5 Å². The number of hydrogen-bond donors (Lipinski definition) is 0. The second-order valence-corrected chi connectivity index (χ2v) is 8.47. The third-order valence-corrected chi connectivity index (χ3v) is 5.65. The maximum Gasteiger partial charge on any atom is 0.258 e. The van der Waals surface area contributed by atoms with Crippen LogP contribution in [0.4, 0.5) is 0 Å². The van der Waals surface area contributed by atoms with Crippen molar-refractivity contribution in [2.45, 2.75) is 32.4 Å². The van der Waals surface area contributed by atoms with Crippen LogP contribution in [0, 0.1) is 5.41 Å². The summed E-state index contributed by atoms with van der Waals surface area (Å²) < 4.78 is 21.9. The molecule has 30 heavy (non-hydrogen) atoms. The summed E-state index contributed by atoms with van der Waals surface area (Å²) in [4.78, 5) is 15.3. The van der Waals surface area contributed by atoms with Crippen LogP contribution in [0.2, 0.25) is 0 Å². The van der Waals surface area contributed by atoms with E-state index in [0.29, 0.717) is 30.2 Å². The number of carbonyl (C=O) groups excluding carboxylic acids is 1.